The zero-order valence-electron chi connectivity index (χ0n) is 14.1. The highest BCUT2D eigenvalue weighted by Crippen LogP contribution is 2.20. The Morgan fingerprint density at radius 2 is 1.70 bits per heavy atom. The highest BCUT2D eigenvalue weighted by atomic mass is 32.2. The summed E-state index contributed by atoms with van der Waals surface area (Å²) in [6.45, 7) is 4.03. The Balaban J connectivity index is 2.22. The monoisotopic (exact) mass is 332 g/mol. The molecule has 0 fully saturated rings. The minimum atomic E-state index is -3.53. The smallest absolute Gasteiger partial charge is 0.240 e. The molecule has 0 amide bonds. The first kappa shape index (κ1) is 17.7. The standard InChI is InChI=1S/C18H24N2O2S/c1-14-10-11-15(2)18(12-14)23(21,22)19-13-17(20(3)4)16-8-6-5-7-9-16/h5-12,17,19H,13H2,1-4H3/t17-/m0/s1. The van der Waals surface area contributed by atoms with Crippen molar-refractivity contribution in [2.24, 2.45) is 0 Å². The fourth-order valence-electron chi connectivity index (χ4n) is 2.54. The van der Waals surface area contributed by atoms with Gasteiger partial charge >= 0.3 is 0 Å². The van der Waals surface area contributed by atoms with Gasteiger partial charge in [0.1, 0.15) is 0 Å². The van der Waals surface area contributed by atoms with Crippen molar-refractivity contribution >= 4 is 10.0 Å². The van der Waals surface area contributed by atoms with Crippen LogP contribution in [-0.4, -0.2) is 34.0 Å². The molecular formula is C18H24N2O2S. The fourth-order valence-corrected chi connectivity index (χ4v) is 3.90. The number of nitrogens with one attached hydrogen (secondary N) is 1. The lowest BCUT2D eigenvalue weighted by atomic mass is 10.1. The van der Waals surface area contributed by atoms with E-state index in [2.05, 4.69) is 4.72 Å². The van der Waals surface area contributed by atoms with Crippen molar-refractivity contribution in [3.8, 4) is 0 Å². The molecule has 0 saturated heterocycles. The van der Waals surface area contributed by atoms with E-state index >= 15 is 0 Å². The molecule has 0 bridgehead atoms. The van der Waals surface area contributed by atoms with Crippen molar-refractivity contribution in [3.05, 3.63) is 65.2 Å². The molecular weight excluding hydrogens is 308 g/mol. The van der Waals surface area contributed by atoms with Crippen LogP contribution < -0.4 is 4.72 Å². The third kappa shape index (κ3) is 4.41. The summed E-state index contributed by atoms with van der Waals surface area (Å²) >= 11 is 0. The van der Waals surface area contributed by atoms with Crippen LogP contribution in [0.1, 0.15) is 22.7 Å². The van der Waals surface area contributed by atoms with Gasteiger partial charge in [-0.1, -0.05) is 42.5 Å². The Morgan fingerprint density at radius 3 is 2.30 bits per heavy atom. The van der Waals surface area contributed by atoms with Gasteiger partial charge in [0, 0.05) is 12.6 Å². The van der Waals surface area contributed by atoms with Gasteiger partial charge in [0.2, 0.25) is 10.0 Å². The molecule has 0 heterocycles. The van der Waals surface area contributed by atoms with Crippen molar-refractivity contribution in [1.29, 1.82) is 0 Å². The lowest BCUT2D eigenvalue weighted by Crippen LogP contribution is -2.34. The van der Waals surface area contributed by atoms with E-state index in [1.807, 2.05) is 75.3 Å². The summed E-state index contributed by atoms with van der Waals surface area (Å²) in [6.07, 6.45) is 0. The Kier molecular flexibility index (Phi) is 5.57. The molecule has 2 aromatic rings. The van der Waals surface area contributed by atoms with E-state index in [4.69, 9.17) is 0 Å². The summed E-state index contributed by atoms with van der Waals surface area (Å²) in [4.78, 5) is 2.36. The first-order valence-corrected chi connectivity index (χ1v) is 9.08. The highest BCUT2D eigenvalue weighted by molar-refractivity contribution is 7.89. The number of nitrogens with zero attached hydrogens (tertiary/aromatic N) is 1. The van der Waals surface area contributed by atoms with Crippen LogP contribution >= 0.6 is 0 Å². The topological polar surface area (TPSA) is 49.4 Å². The van der Waals surface area contributed by atoms with E-state index in [9.17, 15) is 8.42 Å². The quantitative estimate of drug-likeness (QED) is 0.885. The summed E-state index contributed by atoms with van der Waals surface area (Å²) in [7, 11) is 0.370. The van der Waals surface area contributed by atoms with Gasteiger partial charge in [-0.2, -0.15) is 0 Å². The molecule has 1 atom stereocenters. The third-order valence-electron chi connectivity index (χ3n) is 3.91. The van der Waals surface area contributed by atoms with Gasteiger partial charge in [0.25, 0.3) is 0 Å². The van der Waals surface area contributed by atoms with E-state index < -0.39 is 10.0 Å². The summed E-state index contributed by atoms with van der Waals surface area (Å²) in [5, 5.41) is 0. The van der Waals surface area contributed by atoms with Gasteiger partial charge in [-0.25, -0.2) is 13.1 Å². The third-order valence-corrected chi connectivity index (χ3v) is 5.47. The van der Waals surface area contributed by atoms with E-state index in [-0.39, 0.29) is 6.04 Å². The molecule has 4 nitrogen and oxygen atoms in total. The minimum absolute atomic E-state index is 0.0175. The minimum Gasteiger partial charge on any atom is -0.301 e. The van der Waals surface area contributed by atoms with Gasteiger partial charge in [0.05, 0.1) is 4.90 Å². The van der Waals surface area contributed by atoms with Gasteiger partial charge in [-0.3, -0.25) is 0 Å². The molecule has 5 heteroatoms. The summed E-state index contributed by atoms with van der Waals surface area (Å²) in [5.41, 5.74) is 2.77. The van der Waals surface area contributed by atoms with Crippen molar-refractivity contribution < 1.29 is 8.42 Å². The predicted octanol–water partition coefficient (Wildman–Crippen LogP) is 2.88. The van der Waals surface area contributed by atoms with Gasteiger partial charge < -0.3 is 4.90 Å². The van der Waals surface area contributed by atoms with Crippen molar-refractivity contribution in [1.82, 2.24) is 9.62 Å². The Labute approximate surface area is 139 Å². The van der Waals surface area contributed by atoms with E-state index in [1.54, 1.807) is 6.07 Å². The molecule has 0 spiro atoms. The second-order valence-corrected chi connectivity index (χ2v) is 7.75. The van der Waals surface area contributed by atoms with Crippen LogP contribution in [0.2, 0.25) is 0 Å². The molecule has 124 valence electrons. The zero-order chi connectivity index (χ0) is 17.0. The predicted molar refractivity (Wildman–Crippen MR) is 94.0 cm³/mol. The Bertz CT molecular complexity index is 756. The maximum atomic E-state index is 12.6. The first-order valence-electron chi connectivity index (χ1n) is 7.59. The molecule has 0 unspecified atom stereocenters. The number of hydrogen-bond donors (Lipinski definition) is 1. The molecule has 0 radical (unpaired) electrons. The number of aryl methyl sites for hydroxylation is 2. The molecule has 1 N–H and O–H groups in total. The van der Waals surface area contributed by atoms with Gasteiger partial charge in [0.15, 0.2) is 0 Å². The lowest BCUT2D eigenvalue weighted by molar-refractivity contribution is 0.299. The normalized spacial score (nSPS) is 13.3. The van der Waals surface area contributed by atoms with Crippen molar-refractivity contribution in [2.75, 3.05) is 20.6 Å². The lowest BCUT2D eigenvalue weighted by Gasteiger charge is -2.25. The number of hydrogen-bond acceptors (Lipinski definition) is 3. The molecule has 2 aromatic carbocycles. The Hall–Kier alpha value is -1.69. The number of benzene rings is 2. The molecule has 23 heavy (non-hydrogen) atoms. The summed E-state index contributed by atoms with van der Waals surface area (Å²) in [5.74, 6) is 0. The number of sulfonamides is 1. The van der Waals surface area contributed by atoms with Crippen LogP contribution in [0.3, 0.4) is 0 Å². The van der Waals surface area contributed by atoms with E-state index in [0.29, 0.717) is 11.4 Å². The second kappa shape index (κ2) is 7.25. The van der Waals surface area contributed by atoms with Crippen LogP contribution in [0, 0.1) is 13.8 Å². The molecule has 0 aliphatic rings. The molecule has 2 rings (SSSR count). The average Bonchev–Trinajstić information content (AvgIpc) is 2.50. The molecule has 0 aliphatic carbocycles. The molecule has 0 aromatic heterocycles. The largest absolute Gasteiger partial charge is 0.301 e. The maximum Gasteiger partial charge on any atom is 0.240 e. The van der Waals surface area contributed by atoms with Crippen molar-refractivity contribution in [2.45, 2.75) is 24.8 Å². The van der Waals surface area contributed by atoms with Gasteiger partial charge in [-0.15, -0.1) is 0 Å². The number of rotatable bonds is 6. The fraction of sp³-hybridized carbons (Fsp3) is 0.333. The van der Waals surface area contributed by atoms with Crippen LogP contribution in [0.4, 0.5) is 0 Å². The highest BCUT2D eigenvalue weighted by Gasteiger charge is 2.21. The second-order valence-electron chi connectivity index (χ2n) is 6.01. The first-order chi connectivity index (χ1) is 10.8. The van der Waals surface area contributed by atoms with Crippen molar-refractivity contribution in [3.63, 3.8) is 0 Å². The summed E-state index contributed by atoms with van der Waals surface area (Å²) < 4.78 is 28.0. The average molecular weight is 332 g/mol. The Morgan fingerprint density at radius 1 is 1.04 bits per heavy atom. The SMILES string of the molecule is Cc1ccc(C)c(S(=O)(=O)NC[C@@H](c2ccccc2)N(C)C)c1. The van der Waals surface area contributed by atoms with Gasteiger partial charge in [-0.05, 0) is 50.7 Å². The van der Waals surface area contributed by atoms with E-state index in [0.717, 1.165) is 16.7 Å². The van der Waals surface area contributed by atoms with E-state index in [1.165, 1.54) is 0 Å². The van der Waals surface area contributed by atoms with Crippen LogP contribution in [0.25, 0.3) is 0 Å². The van der Waals surface area contributed by atoms with Crippen LogP contribution in [0.15, 0.2) is 53.4 Å². The maximum absolute atomic E-state index is 12.6. The van der Waals surface area contributed by atoms with Crippen LogP contribution in [-0.2, 0) is 10.0 Å². The van der Waals surface area contributed by atoms with Crippen LogP contribution in [0.5, 0.6) is 0 Å². The molecule has 0 saturated carbocycles. The number of likely N-dealkylation sites (N-methyl/N-ethyl adjacent to an activating group) is 1. The molecule has 0 aliphatic heterocycles. The summed E-state index contributed by atoms with van der Waals surface area (Å²) in [6, 6.07) is 15.4. The zero-order valence-corrected chi connectivity index (χ0v) is 14.9.